The number of nitrogens with zero attached hydrogens (tertiary/aromatic N) is 4. The Balaban J connectivity index is 1.57. The number of fused-ring (bicyclic) bond motifs is 1. The number of rotatable bonds is 7. The first-order valence-corrected chi connectivity index (χ1v) is 10.8. The summed E-state index contributed by atoms with van der Waals surface area (Å²) in [4.78, 5) is 29.2. The first-order chi connectivity index (χ1) is 14.6. The molecule has 0 saturated carbocycles. The van der Waals surface area contributed by atoms with Crippen molar-refractivity contribution >= 4 is 33.3 Å². The number of methoxy groups -OCH3 is 2. The standard InChI is InChI=1S/C21H25N5O3S/c1-4-5-18(27)26-7-6-14(11-26)25-19-15-9-17(30-21(15)24-12-23-19)13-8-16(28-2)20(29-3)22-10-13/h8-10,12,14H,4-7,11H2,1-3H3,(H,23,24,25)/t14-/m0/s1. The Morgan fingerprint density at radius 2 is 2.13 bits per heavy atom. The van der Waals surface area contributed by atoms with E-state index >= 15 is 0 Å². The second-order valence-electron chi connectivity index (χ2n) is 7.21. The van der Waals surface area contributed by atoms with Gasteiger partial charge in [0.05, 0.1) is 19.6 Å². The second-order valence-corrected chi connectivity index (χ2v) is 8.24. The van der Waals surface area contributed by atoms with Crippen LogP contribution in [0.4, 0.5) is 5.82 Å². The molecule has 1 amide bonds. The van der Waals surface area contributed by atoms with Crippen molar-refractivity contribution in [3.05, 3.63) is 24.7 Å². The normalized spacial score (nSPS) is 16.1. The van der Waals surface area contributed by atoms with Crippen LogP contribution in [0.15, 0.2) is 24.7 Å². The number of likely N-dealkylation sites (tertiary alicyclic amines) is 1. The minimum Gasteiger partial charge on any atom is -0.491 e. The van der Waals surface area contributed by atoms with Gasteiger partial charge in [-0.3, -0.25) is 4.79 Å². The highest BCUT2D eigenvalue weighted by Crippen LogP contribution is 2.37. The minimum absolute atomic E-state index is 0.190. The van der Waals surface area contributed by atoms with Crippen molar-refractivity contribution in [3.63, 3.8) is 0 Å². The molecule has 1 atom stereocenters. The topological polar surface area (TPSA) is 89.5 Å². The zero-order valence-electron chi connectivity index (χ0n) is 17.3. The average molecular weight is 428 g/mol. The van der Waals surface area contributed by atoms with E-state index in [1.165, 1.54) is 0 Å². The third-order valence-electron chi connectivity index (χ3n) is 5.19. The van der Waals surface area contributed by atoms with Crippen LogP contribution in [0.25, 0.3) is 20.7 Å². The van der Waals surface area contributed by atoms with Crippen molar-refractivity contribution in [2.24, 2.45) is 0 Å². The van der Waals surface area contributed by atoms with Crippen LogP contribution in [-0.2, 0) is 4.79 Å². The molecule has 0 aromatic carbocycles. The summed E-state index contributed by atoms with van der Waals surface area (Å²) in [6, 6.07) is 4.17. The van der Waals surface area contributed by atoms with Crippen LogP contribution in [0.2, 0.25) is 0 Å². The van der Waals surface area contributed by atoms with E-state index in [4.69, 9.17) is 9.47 Å². The lowest BCUT2D eigenvalue weighted by Gasteiger charge is -2.17. The maximum absolute atomic E-state index is 12.2. The molecule has 3 aromatic heterocycles. The number of aromatic nitrogens is 3. The lowest BCUT2D eigenvalue weighted by Crippen LogP contribution is -2.31. The predicted octanol–water partition coefficient (Wildman–Crippen LogP) is 3.58. The number of amides is 1. The van der Waals surface area contributed by atoms with Gasteiger partial charge >= 0.3 is 0 Å². The number of anilines is 1. The fraction of sp³-hybridized carbons (Fsp3) is 0.429. The Bertz CT molecular complexity index is 1050. The number of nitrogens with one attached hydrogen (secondary N) is 1. The average Bonchev–Trinajstić information content (AvgIpc) is 3.41. The number of carbonyl (C=O) groups is 1. The molecule has 1 aliphatic heterocycles. The molecule has 1 aliphatic rings. The van der Waals surface area contributed by atoms with Crippen molar-refractivity contribution in [1.29, 1.82) is 0 Å². The van der Waals surface area contributed by atoms with E-state index in [0.717, 1.165) is 45.9 Å². The van der Waals surface area contributed by atoms with Crippen LogP contribution in [0, 0.1) is 0 Å². The maximum Gasteiger partial charge on any atom is 0.256 e. The summed E-state index contributed by atoms with van der Waals surface area (Å²) in [7, 11) is 3.16. The summed E-state index contributed by atoms with van der Waals surface area (Å²) in [6.07, 6.45) is 5.74. The predicted molar refractivity (Wildman–Crippen MR) is 117 cm³/mol. The third kappa shape index (κ3) is 4.02. The van der Waals surface area contributed by atoms with E-state index in [2.05, 4.69) is 26.3 Å². The van der Waals surface area contributed by atoms with Gasteiger partial charge in [0.25, 0.3) is 5.88 Å². The fourth-order valence-electron chi connectivity index (χ4n) is 3.65. The molecular formula is C21H25N5O3S. The van der Waals surface area contributed by atoms with Crippen LogP contribution in [0.5, 0.6) is 11.6 Å². The summed E-state index contributed by atoms with van der Waals surface area (Å²) in [6.45, 7) is 3.53. The molecule has 1 saturated heterocycles. The molecule has 4 rings (SSSR count). The van der Waals surface area contributed by atoms with Gasteiger partial charge in [-0.1, -0.05) is 6.92 Å². The highest BCUT2D eigenvalue weighted by atomic mass is 32.1. The zero-order chi connectivity index (χ0) is 21.1. The van der Waals surface area contributed by atoms with Gasteiger partial charge in [-0.25, -0.2) is 15.0 Å². The molecule has 0 radical (unpaired) electrons. The van der Waals surface area contributed by atoms with Crippen molar-refractivity contribution in [3.8, 4) is 22.1 Å². The monoisotopic (exact) mass is 427 g/mol. The Hall–Kier alpha value is -2.94. The van der Waals surface area contributed by atoms with Crippen LogP contribution < -0.4 is 14.8 Å². The number of ether oxygens (including phenoxy) is 2. The van der Waals surface area contributed by atoms with Crippen molar-refractivity contribution < 1.29 is 14.3 Å². The molecule has 9 heteroatoms. The number of carbonyl (C=O) groups excluding carboxylic acids is 1. The maximum atomic E-state index is 12.2. The van der Waals surface area contributed by atoms with Gasteiger partial charge in [-0.15, -0.1) is 11.3 Å². The first-order valence-electron chi connectivity index (χ1n) is 10.00. The van der Waals surface area contributed by atoms with Gasteiger partial charge in [0.15, 0.2) is 5.75 Å². The molecule has 30 heavy (non-hydrogen) atoms. The summed E-state index contributed by atoms with van der Waals surface area (Å²) in [5, 5.41) is 4.48. The Morgan fingerprint density at radius 1 is 1.27 bits per heavy atom. The first kappa shape index (κ1) is 20.3. The smallest absolute Gasteiger partial charge is 0.256 e. The molecule has 0 unspecified atom stereocenters. The number of hydrogen-bond donors (Lipinski definition) is 1. The van der Waals surface area contributed by atoms with E-state index in [1.54, 1.807) is 38.1 Å². The van der Waals surface area contributed by atoms with E-state index in [1.807, 2.05) is 17.9 Å². The van der Waals surface area contributed by atoms with E-state index in [0.29, 0.717) is 24.6 Å². The Labute approximate surface area is 179 Å². The van der Waals surface area contributed by atoms with E-state index in [-0.39, 0.29) is 11.9 Å². The largest absolute Gasteiger partial charge is 0.491 e. The van der Waals surface area contributed by atoms with Crippen LogP contribution in [-0.4, -0.2) is 59.1 Å². The molecule has 0 spiro atoms. The molecule has 0 bridgehead atoms. The lowest BCUT2D eigenvalue weighted by molar-refractivity contribution is -0.130. The van der Waals surface area contributed by atoms with Crippen LogP contribution in [0.3, 0.4) is 0 Å². The van der Waals surface area contributed by atoms with Gasteiger partial charge in [0.1, 0.15) is 17.0 Å². The Morgan fingerprint density at radius 3 is 2.90 bits per heavy atom. The van der Waals surface area contributed by atoms with Gasteiger partial charge in [0, 0.05) is 42.2 Å². The van der Waals surface area contributed by atoms with Crippen LogP contribution in [0.1, 0.15) is 26.2 Å². The summed E-state index contributed by atoms with van der Waals surface area (Å²) >= 11 is 1.58. The fourth-order valence-corrected chi connectivity index (χ4v) is 4.63. The highest BCUT2D eigenvalue weighted by molar-refractivity contribution is 7.21. The van der Waals surface area contributed by atoms with Gasteiger partial charge in [-0.2, -0.15) is 0 Å². The van der Waals surface area contributed by atoms with Crippen LogP contribution >= 0.6 is 11.3 Å². The molecule has 158 valence electrons. The van der Waals surface area contributed by atoms with Gasteiger partial charge < -0.3 is 19.7 Å². The Kier molecular flexibility index (Phi) is 5.98. The minimum atomic E-state index is 0.190. The molecular weight excluding hydrogens is 402 g/mol. The zero-order valence-corrected chi connectivity index (χ0v) is 18.2. The van der Waals surface area contributed by atoms with Gasteiger partial charge in [0.2, 0.25) is 5.91 Å². The highest BCUT2D eigenvalue weighted by Gasteiger charge is 2.26. The quantitative estimate of drug-likeness (QED) is 0.616. The SMILES string of the molecule is CCCC(=O)N1CC[C@H](Nc2ncnc3sc(-c4cnc(OC)c(OC)c4)cc23)C1. The number of hydrogen-bond acceptors (Lipinski definition) is 8. The summed E-state index contributed by atoms with van der Waals surface area (Å²) < 4.78 is 10.6. The third-order valence-corrected chi connectivity index (χ3v) is 6.28. The molecule has 4 heterocycles. The molecule has 0 aliphatic carbocycles. The molecule has 8 nitrogen and oxygen atoms in total. The number of thiophene rings is 1. The summed E-state index contributed by atoms with van der Waals surface area (Å²) in [5.74, 6) is 2.06. The van der Waals surface area contributed by atoms with E-state index < -0.39 is 0 Å². The molecule has 1 N–H and O–H groups in total. The van der Waals surface area contributed by atoms with Crippen molar-refractivity contribution in [1.82, 2.24) is 19.9 Å². The second kappa shape index (κ2) is 8.83. The number of pyridine rings is 1. The van der Waals surface area contributed by atoms with Crippen molar-refractivity contribution in [2.75, 3.05) is 32.6 Å². The summed E-state index contributed by atoms with van der Waals surface area (Å²) in [5.41, 5.74) is 0.929. The van der Waals surface area contributed by atoms with E-state index in [9.17, 15) is 4.79 Å². The lowest BCUT2D eigenvalue weighted by atomic mass is 10.2. The van der Waals surface area contributed by atoms with Crippen molar-refractivity contribution in [2.45, 2.75) is 32.2 Å². The molecule has 3 aromatic rings. The van der Waals surface area contributed by atoms with Gasteiger partial charge in [-0.05, 0) is 25.0 Å². The molecule has 1 fully saturated rings.